The van der Waals surface area contributed by atoms with Gasteiger partial charge >= 0.3 is 0 Å². The lowest BCUT2D eigenvalue weighted by Gasteiger charge is -2.26. The van der Waals surface area contributed by atoms with Crippen LogP contribution in [0.3, 0.4) is 0 Å². The molecule has 5 nitrogen and oxygen atoms in total. The zero-order valence-electron chi connectivity index (χ0n) is 11.0. The maximum atomic E-state index is 11.9. The van der Waals surface area contributed by atoms with Crippen molar-refractivity contribution < 1.29 is 14.3 Å². The number of benzene rings is 1. The first-order valence-corrected chi connectivity index (χ1v) is 6.36. The van der Waals surface area contributed by atoms with Crippen molar-refractivity contribution in [2.75, 3.05) is 33.3 Å². The molecule has 0 saturated carbocycles. The number of amides is 1. The van der Waals surface area contributed by atoms with E-state index in [-0.39, 0.29) is 18.1 Å². The number of carbonyl (C=O) groups is 2. The molecule has 1 aliphatic rings. The van der Waals surface area contributed by atoms with Crippen LogP contribution in [-0.4, -0.2) is 49.9 Å². The fraction of sp³-hybridized carbons (Fsp3) is 0.429. The summed E-state index contributed by atoms with van der Waals surface area (Å²) >= 11 is 0. The van der Waals surface area contributed by atoms with Gasteiger partial charge in [-0.25, -0.2) is 0 Å². The Morgan fingerprint density at radius 3 is 2.42 bits per heavy atom. The largest absolute Gasteiger partial charge is 0.497 e. The molecule has 0 atom stereocenters. The number of methoxy groups -OCH3 is 1. The van der Waals surface area contributed by atoms with Crippen LogP contribution in [0.4, 0.5) is 0 Å². The highest BCUT2D eigenvalue weighted by Crippen LogP contribution is 2.12. The van der Waals surface area contributed by atoms with E-state index in [0.29, 0.717) is 13.1 Å². The standard InChI is InChI=1S/C14H18N2O3/c1-19-12-4-2-11(3-5-12)10-13(17)14(18)16-8-6-15-7-9-16/h2-5,15H,6-10H2,1H3. The Hall–Kier alpha value is -1.88. The topological polar surface area (TPSA) is 58.6 Å². The van der Waals surface area contributed by atoms with Crippen LogP contribution in [0.25, 0.3) is 0 Å². The summed E-state index contributed by atoms with van der Waals surface area (Å²) < 4.78 is 5.05. The summed E-state index contributed by atoms with van der Waals surface area (Å²) in [6.45, 7) is 2.71. The molecule has 1 aliphatic heterocycles. The average molecular weight is 262 g/mol. The van der Waals surface area contributed by atoms with E-state index in [4.69, 9.17) is 4.74 Å². The molecule has 0 aromatic heterocycles. The summed E-state index contributed by atoms with van der Waals surface area (Å²) in [7, 11) is 1.59. The quantitative estimate of drug-likeness (QED) is 0.790. The van der Waals surface area contributed by atoms with Crippen LogP contribution < -0.4 is 10.1 Å². The first-order valence-electron chi connectivity index (χ1n) is 6.36. The predicted molar refractivity (Wildman–Crippen MR) is 71.2 cm³/mol. The Kier molecular flexibility index (Phi) is 4.52. The first kappa shape index (κ1) is 13.5. The van der Waals surface area contributed by atoms with Gasteiger partial charge in [-0.2, -0.15) is 0 Å². The number of ketones is 1. The third-order valence-electron chi connectivity index (χ3n) is 3.17. The molecule has 5 heteroatoms. The molecule has 1 aromatic carbocycles. The molecule has 1 saturated heterocycles. The van der Waals surface area contributed by atoms with Crippen molar-refractivity contribution in [2.24, 2.45) is 0 Å². The number of hydrogen-bond acceptors (Lipinski definition) is 4. The van der Waals surface area contributed by atoms with Crippen molar-refractivity contribution in [2.45, 2.75) is 6.42 Å². The zero-order chi connectivity index (χ0) is 13.7. The third kappa shape index (κ3) is 3.54. The van der Waals surface area contributed by atoms with E-state index in [1.807, 2.05) is 12.1 Å². The highest BCUT2D eigenvalue weighted by atomic mass is 16.5. The Balaban J connectivity index is 1.93. The van der Waals surface area contributed by atoms with Gasteiger partial charge in [0, 0.05) is 32.6 Å². The van der Waals surface area contributed by atoms with Gasteiger partial charge in [-0.05, 0) is 17.7 Å². The second kappa shape index (κ2) is 6.33. The van der Waals surface area contributed by atoms with Gasteiger partial charge in [-0.3, -0.25) is 9.59 Å². The smallest absolute Gasteiger partial charge is 0.290 e. The zero-order valence-corrected chi connectivity index (χ0v) is 11.0. The highest BCUT2D eigenvalue weighted by Gasteiger charge is 2.22. The number of nitrogens with one attached hydrogen (secondary N) is 1. The van der Waals surface area contributed by atoms with E-state index in [1.54, 1.807) is 24.1 Å². The van der Waals surface area contributed by atoms with Crippen molar-refractivity contribution in [3.63, 3.8) is 0 Å². The minimum Gasteiger partial charge on any atom is -0.497 e. The average Bonchev–Trinajstić information content (AvgIpc) is 2.48. The second-order valence-electron chi connectivity index (χ2n) is 4.49. The Bertz CT molecular complexity index is 450. The molecule has 0 aliphatic carbocycles. The van der Waals surface area contributed by atoms with Crippen molar-refractivity contribution in [3.05, 3.63) is 29.8 Å². The van der Waals surface area contributed by atoms with Crippen molar-refractivity contribution in [1.29, 1.82) is 0 Å². The van der Waals surface area contributed by atoms with Crippen LogP contribution in [0.1, 0.15) is 5.56 Å². The number of Topliss-reactive ketones (excluding diaryl/α,β-unsaturated/α-hetero) is 1. The minimum absolute atomic E-state index is 0.146. The number of carbonyl (C=O) groups excluding carboxylic acids is 2. The number of ether oxygens (including phenoxy) is 1. The summed E-state index contributed by atoms with van der Waals surface area (Å²) in [5.41, 5.74) is 0.828. The van der Waals surface area contributed by atoms with Crippen LogP contribution in [0.15, 0.2) is 24.3 Å². The fourth-order valence-electron chi connectivity index (χ4n) is 2.05. The molecule has 1 aromatic rings. The van der Waals surface area contributed by atoms with Crippen LogP contribution in [0.2, 0.25) is 0 Å². The second-order valence-corrected chi connectivity index (χ2v) is 4.49. The fourth-order valence-corrected chi connectivity index (χ4v) is 2.05. The maximum Gasteiger partial charge on any atom is 0.290 e. The van der Waals surface area contributed by atoms with Crippen LogP contribution in [0, 0.1) is 0 Å². The summed E-state index contributed by atoms with van der Waals surface area (Å²) in [5.74, 6) is 0.00835. The van der Waals surface area contributed by atoms with Gasteiger partial charge in [0.15, 0.2) is 0 Å². The molecule has 0 radical (unpaired) electrons. The molecule has 0 bridgehead atoms. The molecule has 1 heterocycles. The third-order valence-corrected chi connectivity index (χ3v) is 3.17. The van der Waals surface area contributed by atoms with Gasteiger partial charge in [0.1, 0.15) is 5.75 Å². The molecule has 0 spiro atoms. The first-order chi connectivity index (χ1) is 9.20. The normalized spacial score (nSPS) is 15.1. The Morgan fingerprint density at radius 1 is 1.21 bits per heavy atom. The van der Waals surface area contributed by atoms with Crippen LogP contribution >= 0.6 is 0 Å². The Morgan fingerprint density at radius 2 is 1.84 bits per heavy atom. The summed E-state index contributed by atoms with van der Waals surface area (Å²) in [5, 5.41) is 3.15. The molecule has 19 heavy (non-hydrogen) atoms. The molecule has 102 valence electrons. The lowest BCUT2D eigenvalue weighted by atomic mass is 10.1. The van der Waals surface area contributed by atoms with Crippen LogP contribution in [-0.2, 0) is 16.0 Å². The van der Waals surface area contributed by atoms with Gasteiger partial charge in [-0.1, -0.05) is 12.1 Å². The van der Waals surface area contributed by atoms with E-state index in [2.05, 4.69) is 5.32 Å². The molecule has 1 N–H and O–H groups in total. The molecular formula is C14H18N2O3. The van der Waals surface area contributed by atoms with Gasteiger partial charge in [0.25, 0.3) is 5.91 Å². The van der Waals surface area contributed by atoms with Crippen molar-refractivity contribution >= 4 is 11.7 Å². The number of rotatable bonds is 4. The molecule has 1 fully saturated rings. The van der Waals surface area contributed by atoms with E-state index in [0.717, 1.165) is 24.4 Å². The SMILES string of the molecule is COc1ccc(CC(=O)C(=O)N2CCNCC2)cc1. The molecule has 2 rings (SSSR count). The summed E-state index contributed by atoms with van der Waals surface area (Å²) in [6, 6.07) is 7.19. The van der Waals surface area contributed by atoms with Gasteiger partial charge in [-0.15, -0.1) is 0 Å². The molecule has 1 amide bonds. The van der Waals surface area contributed by atoms with Crippen molar-refractivity contribution in [1.82, 2.24) is 10.2 Å². The van der Waals surface area contributed by atoms with Gasteiger partial charge < -0.3 is 15.0 Å². The summed E-state index contributed by atoms with van der Waals surface area (Å²) in [6.07, 6.45) is 0.146. The highest BCUT2D eigenvalue weighted by molar-refractivity contribution is 6.36. The predicted octanol–water partition coefficient (Wildman–Crippen LogP) is 0.239. The molecule has 0 unspecified atom stereocenters. The van der Waals surface area contributed by atoms with Crippen molar-refractivity contribution in [3.8, 4) is 5.75 Å². The van der Waals surface area contributed by atoms with E-state index < -0.39 is 0 Å². The maximum absolute atomic E-state index is 11.9. The van der Waals surface area contributed by atoms with Crippen LogP contribution in [0.5, 0.6) is 5.75 Å². The minimum atomic E-state index is -0.377. The van der Waals surface area contributed by atoms with E-state index in [9.17, 15) is 9.59 Å². The lowest BCUT2D eigenvalue weighted by Crippen LogP contribution is -2.49. The number of hydrogen-bond donors (Lipinski definition) is 1. The van der Waals surface area contributed by atoms with E-state index in [1.165, 1.54) is 0 Å². The number of nitrogens with zero attached hydrogens (tertiary/aromatic N) is 1. The Labute approximate surface area is 112 Å². The lowest BCUT2D eigenvalue weighted by molar-refractivity contribution is -0.144. The monoisotopic (exact) mass is 262 g/mol. The van der Waals surface area contributed by atoms with E-state index >= 15 is 0 Å². The summed E-state index contributed by atoms with van der Waals surface area (Å²) in [4.78, 5) is 25.5. The molecular weight excluding hydrogens is 244 g/mol. The van der Waals surface area contributed by atoms with Gasteiger partial charge in [0.2, 0.25) is 5.78 Å². The number of piperazine rings is 1. The van der Waals surface area contributed by atoms with Gasteiger partial charge in [0.05, 0.1) is 7.11 Å².